The molecule has 1 aliphatic rings. The zero-order chi connectivity index (χ0) is 23.8. The highest BCUT2D eigenvalue weighted by Gasteiger charge is 2.30. The molecule has 174 valence electrons. The van der Waals surface area contributed by atoms with Crippen LogP contribution in [0.25, 0.3) is 16.6 Å². The van der Waals surface area contributed by atoms with Crippen LogP contribution >= 0.6 is 0 Å². The van der Waals surface area contributed by atoms with Crippen LogP contribution in [0.4, 0.5) is 14.6 Å². The second kappa shape index (κ2) is 8.99. The SMILES string of the molecule is Cc1nc(N[C@H](C)c2cccc(C(F)(F)CO)c2)c2cc(C3=CCOCC3)c(=O)n(C)c2n1. The number of nitrogens with one attached hydrogen (secondary N) is 1. The lowest BCUT2D eigenvalue weighted by molar-refractivity contribution is -0.0556. The van der Waals surface area contributed by atoms with Crippen LogP contribution in [-0.4, -0.2) is 39.5 Å². The highest BCUT2D eigenvalue weighted by atomic mass is 19.3. The van der Waals surface area contributed by atoms with Gasteiger partial charge in [0.2, 0.25) is 0 Å². The van der Waals surface area contributed by atoms with Crippen LogP contribution in [0, 0.1) is 6.92 Å². The maximum Gasteiger partial charge on any atom is 0.295 e. The van der Waals surface area contributed by atoms with E-state index in [4.69, 9.17) is 9.84 Å². The van der Waals surface area contributed by atoms with Crippen LogP contribution in [0.5, 0.6) is 0 Å². The molecular weight excluding hydrogens is 430 g/mol. The van der Waals surface area contributed by atoms with E-state index in [9.17, 15) is 13.6 Å². The Morgan fingerprint density at radius 2 is 2.09 bits per heavy atom. The Morgan fingerprint density at radius 1 is 1.30 bits per heavy atom. The number of aryl methyl sites for hydroxylation is 2. The van der Waals surface area contributed by atoms with Crippen molar-refractivity contribution in [3.8, 4) is 0 Å². The van der Waals surface area contributed by atoms with Crippen molar-refractivity contribution in [3.05, 3.63) is 69.3 Å². The van der Waals surface area contributed by atoms with Gasteiger partial charge in [0.15, 0.2) is 0 Å². The number of fused-ring (bicyclic) bond motifs is 1. The number of aliphatic hydroxyl groups is 1. The third-order valence-corrected chi connectivity index (χ3v) is 5.85. The van der Waals surface area contributed by atoms with Crippen LogP contribution in [0.15, 0.2) is 41.2 Å². The maximum absolute atomic E-state index is 14.0. The third-order valence-electron chi connectivity index (χ3n) is 5.85. The molecule has 1 aromatic carbocycles. The Labute approximate surface area is 189 Å². The first-order chi connectivity index (χ1) is 15.7. The zero-order valence-corrected chi connectivity index (χ0v) is 18.7. The molecule has 1 atom stereocenters. The first-order valence-electron chi connectivity index (χ1n) is 10.7. The molecule has 3 heterocycles. The number of alkyl halides is 2. The Kier molecular flexibility index (Phi) is 6.27. The fourth-order valence-electron chi connectivity index (χ4n) is 3.96. The molecule has 3 aromatic rings. The average Bonchev–Trinajstić information content (AvgIpc) is 2.82. The summed E-state index contributed by atoms with van der Waals surface area (Å²) in [6.07, 6.45) is 2.54. The first kappa shape index (κ1) is 23.0. The van der Waals surface area contributed by atoms with Gasteiger partial charge in [-0.2, -0.15) is 8.78 Å². The Balaban J connectivity index is 1.78. The molecule has 2 N–H and O–H groups in total. The summed E-state index contributed by atoms with van der Waals surface area (Å²) in [7, 11) is 1.67. The van der Waals surface area contributed by atoms with Gasteiger partial charge in [-0.15, -0.1) is 0 Å². The molecule has 0 bridgehead atoms. The van der Waals surface area contributed by atoms with Crippen molar-refractivity contribution in [1.29, 1.82) is 0 Å². The minimum absolute atomic E-state index is 0.147. The molecule has 4 rings (SSSR count). The number of halogens is 2. The maximum atomic E-state index is 14.0. The second-order valence-electron chi connectivity index (χ2n) is 8.19. The first-order valence-corrected chi connectivity index (χ1v) is 10.7. The summed E-state index contributed by atoms with van der Waals surface area (Å²) in [5, 5.41) is 13.0. The predicted molar refractivity (Wildman–Crippen MR) is 122 cm³/mol. The number of anilines is 1. The molecule has 0 aliphatic carbocycles. The van der Waals surface area contributed by atoms with E-state index in [0.29, 0.717) is 53.4 Å². The number of hydrogen-bond acceptors (Lipinski definition) is 6. The van der Waals surface area contributed by atoms with Crippen LogP contribution in [0.1, 0.15) is 41.9 Å². The normalized spacial score (nSPS) is 15.4. The molecule has 33 heavy (non-hydrogen) atoms. The summed E-state index contributed by atoms with van der Waals surface area (Å²) in [5.41, 5.74) is 2.19. The Bertz CT molecular complexity index is 1290. The molecule has 0 fully saturated rings. The van der Waals surface area contributed by atoms with Gasteiger partial charge >= 0.3 is 0 Å². The lowest BCUT2D eigenvalue weighted by atomic mass is 10.0. The van der Waals surface area contributed by atoms with Gasteiger partial charge in [0.1, 0.15) is 23.9 Å². The monoisotopic (exact) mass is 456 g/mol. The minimum atomic E-state index is -3.32. The highest BCUT2D eigenvalue weighted by molar-refractivity contribution is 5.89. The van der Waals surface area contributed by atoms with E-state index in [1.807, 2.05) is 13.0 Å². The van der Waals surface area contributed by atoms with Gasteiger partial charge in [0.05, 0.1) is 18.6 Å². The van der Waals surface area contributed by atoms with Crippen molar-refractivity contribution in [2.45, 2.75) is 32.2 Å². The molecule has 0 saturated carbocycles. The predicted octanol–water partition coefficient (Wildman–Crippen LogP) is 3.70. The van der Waals surface area contributed by atoms with Crippen molar-refractivity contribution < 1.29 is 18.6 Å². The van der Waals surface area contributed by atoms with Gasteiger partial charge in [0, 0.05) is 24.2 Å². The lowest BCUT2D eigenvalue weighted by Gasteiger charge is -2.21. The number of aromatic nitrogens is 3. The molecule has 1 aliphatic heterocycles. The Hall–Kier alpha value is -3.17. The largest absolute Gasteiger partial charge is 0.390 e. The van der Waals surface area contributed by atoms with E-state index in [0.717, 1.165) is 5.57 Å². The lowest BCUT2D eigenvalue weighted by Crippen LogP contribution is -2.24. The smallest absolute Gasteiger partial charge is 0.295 e. The number of ether oxygens (including phenoxy) is 1. The van der Waals surface area contributed by atoms with E-state index < -0.39 is 12.5 Å². The van der Waals surface area contributed by atoms with E-state index in [1.54, 1.807) is 26.1 Å². The molecular formula is C24H26F2N4O3. The van der Waals surface area contributed by atoms with Gasteiger partial charge in [0.25, 0.3) is 11.5 Å². The van der Waals surface area contributed by atoms with Gasteiger partial charge in [-0.05, 0) is 43.5 Å². The number of aliphatic hydroxyl groups excluding tert-OH is 1. The van der Waals surface area contributed by atoms with Crippen LogP contribution < -0.4 is 10.9 Å². The van der Waals surface area contributed by atoms with Crippen molar-refractivity contribution in [3.63, 3.8) is 0 Å². The molecule has 0 spiro atoms. The molecule has 0 saturated heterocycles. The van der Waals surface area contributed by atoms with Crippen LogP contribution in [-0.2, 0) is 17.7 Å². The molecule has 9 heteroatoms. The second-order valence-corrected chi connectivity index (χ2v) is 8.19. The van der Waals surface area contributed by atoms with E-state index in [-0.39, 0.29) is 17.2 Å². The summed E-state index contributed by atoms with van der Waals surface area (Å²) < 4.78 is 34.8. The zero-order valence-electron chi connectivity index (χ0n) is 18.7. The number of nitrogens with zero attached hydrogens (tertiary/aromatic N) is 3. The van der Waals surface area contributed by atoms with Gasteiger partial charge in [-0.25, -0.2) is 9.97 Å². The minimum Gasteiger partial charge on any atom is -0.390 e. The van der Waals surface area contributed by atoms with Gasteiger partial charge in [-0.3, -0.25) is 9.36 Å². The van der Waals surface area contributed by atoms with E-state index >= 15 is 0 Å². The summed E-state index contributed by atoms with van der Waals surface area (Å²) in [4.78, 5) is 22.0. The number of benzene rings is 1. The van der Waals surface area contributed by atoms with Gasteiger partial charge < -0.3 is 15.2 Å². The van der Waals surface area contributed by atoms with Crippen molar-refractivity contribution in [2.75, 3.05) is 25.1 Å². The quantitative estimate of drug-likeness (QED) is 0.588. The number of rotatable bonds is 6. The number of pyridine rings is 1. The van der Waals surface area contributed by atoms with Crippen LogP contribution in [0.3, 0.4) is 0 Å². The molecule has 0 unspecified atom stereocenters. The van der Waals surface area contributed by atoms with Crippen molar-refractivity contribution in [2.24, 2.45) is 7.05 Å². The van der Waals surface area contributed by atoms with Crippen LogP contribution in [0.2, 0.25) is 0 Å². The highest BCUT2D eigenvalue weighted by Crippen LogP contribution is 2.31. The topological polar surface area (TPSA) is 89.3 Å². The van der Waals surface area contributed by atoms with E-state index in [2.05, 4.69) is 15.3 Å². The average molecular weight is 456 g/mol. The van der Waals surface area contributed by atoms with Crippen molar-refractivity contribution in [1.82, 2.24) is 14.5 Å². The standard InChI is InChI=1S/C24H26F2N4O3/c1-14(17-5-4-6-18(11-17)24(25,26)13-31)27-21-20-12-19(16-7-9-33-10-8-16)23(32)30(3)22(20)29-15(2)28-21/h4-7,11-12,14,31H,8-10,13H2,1-3H3,(H,27,28,29)/t14-/m1/s1. The summed E-state index contributed by atoms with van der Waals surface area (Å²) in [6.45, 7) is 3.32. The fraction of sp³-hybridized carbons (Fsp3) is 0.375. The molecule has 0 radical (unpaired) electrons. The third kappa shape index (κ3) is 4.51. The number of hydrogen-bond donors (Lipinski definition) is 2. The fourth-order valence-corrected chi connectivity index (χ4v) is 3.96. The van der Waals surface area contributed by atoms with Gasteiger partial charge in [-0.1, -0.05) is 24.3 Å². The van der Waals surface area contributed by atoms with Crippen molar-refractivity contribution >= 4 is 22.4 Å². The molecule has 7 nitrogen and oxygen atoms in total. The summed E-state index contributed by atoms with van der Waals surface area (Å²) in [6, 6.07) is 7.35. The summed E-state index contributed by atoms with van der Waals surface area (Å²) >= 11 is 0. The van der Waals surface area contributed by atoms with E-state index in [1.165, 1.54) is 22.8 Å². The molecule has 2 aromatic heterocycles. The summed E-state index contributed by atoms with van der Waals surface area (Å²) in [5.74, 6) is -2.34. The Morgan fingerprint density at radius 3 is 2.79 bits per heavy atom. The molecule has 0 amide bonds.